The largest absolute Gasteiger partial charge is 0.484 e. The van der Waals surface area contributed by atoms with E-state index in [0.717, 1.165) is 0 Å². The predicted octanol–water partition coefficient (Wildman–Crippen LogP) is 3.35. The molecule has 2 nitrogen and oxygen atoms in total. The topological polar surface area (TPSA) is 35.2 Å². The molecule has 4 heteroatoms. The van der Waals surface area contributed by atoms with E-state index in [-0.39, 0.29) is 18.2 Å². The zero-order chi connectivity index (χ0) is 13.8. The zero-order valence-electron chi connectivity index (χ0n) is 10.6. The van der Waals surface area contributed by atoms with E-state index in [1.165, 1.54) is 24.3 Å². The summed E-state index contributed by atoms with van der Waals surface area (Å²) in [5.74, 6) is -0.196. The van der Waals surface area contributed by atoms with Crippen LogP contribution in [-0.2, 0) is 0 Å². The van der Waals surface area contributed by atoms with Gasteiger partial charge in [0.1, 0.15) is 23.5 Å². The van der Waals surface area contributed by atoms with Crippen LogP contribution in [0.3, 0.4) is 0 Å². The van der Waals surface area contributed by atoms with Gasteiger partial charge in [0.2, 0.25) is 0 Å². The van der Waals surface area contributed by atoms with Crippen molar-refractivity contribution in [2.45, 2.75) is 13.0 Å². The first-order valence-electron chi connectivity index (χ1n) is 5.99. The molecule has 2 aromatic carbocycles. The number of hydrogen-bond donors (Lipinski definition) is 1. The van der Waals surface area contributed by atoms with Gasteiger partial charge in [-0.2, -0.15) is 0 Å². The Hall–Kier alpha value is -1.94. The van der Waals surface area contributed by atoms with Gasteiger partial charge in [-0.05, 0) is 36.8 Å². The Balaban J connectivity index is 2.27. The van der Waals surface area contributed by atoms with Crippen molar-refractivity contribution in [1.82, 2.24) is 0 Å². The number of halogens is 2. The molecule has 100 valence electrons. The Labute approximate surface area is 110 Å². The minimum atomic E-state index is -0.592. The molecule has 1 atom stereocenters. The second-order valence-electron chi connectivity index (χ2n) is 4.27. The Morgan fingerprint density at radius 2 is 1.89 bits per heavy atom. The lowest BCUT2D eigenvalue weighted by molar-refractivity contribution is 0.207. The quantitative estimate of drug-likeness (QED) is 0.918. The molecule has 0 bridgehead atoms. The smallest absolute Gasteiger partial charge is 0.139 e. The molecule has 0 fully saturated rings. The van der Waals surface area contributed by atoms with Gasteiger partial charge in [0.05, 0.1) is 0 Å². The highest BCUT2D eigenvalue weighted by Gasteiger charge is 2.16. The molecule has 0 spiro atoms. The van der Waals surface area contributed by atoms with Crippen molar-refractivity contribution in [3.8, 4) is 5.75 Å². The molecule has 19 heavy (non-hydrogen) atoms. The highest BCUT2D eigenvalue weighted by Crippen LogP contribution is 2.26. The maximum atomic E-state index is 13.7. The highest BCUT2D eigenvalue weighted by molar-refractivity contribution is 5.34. The van der Waals surface area contributed by atoms with Crippen LogP contribution in [-0.4, -0.2) is 6.54 Å². The molecular formula is C15H15F2NO. The molecule has 2 rings (SSSR count). The second-order valence-corrected chi connectivity index (χ2v) is 4.27. The van der Waals surface area contributed by atoms with Gasteiger partial charge in [0.25, 0.3) is 0 Å². The molecule has 2 N–H and O–H groups in total. The summed E-state index contributed by atoms with van der Waals surface area (Å²) in [7, 11) is 0. The van der Waals surface area contributed by atoms with Gasteiger partial charge in [-0.15, -0.1) is 0 Å². The van der Waals surface area contributed by atoms with Crippen molar-refractivity contribution in [1.29, 1.82) is 0 Å². The van der Waals surface area contributed by atoms with Crippen LogP contribution in [0.15, 0.2) is 42.5 Å². The van der Waals surface area contributed by atoms with Crippen molar-refractivity contribution < 1.29 is 13.5 Å². The third kappa shape index (κ3) is 3.09. The summed E-state index contributed by atoms with van der Waals surface area (Å²) in [6.07, 6.45) is -0.592. The van der Waals surface area contributed by atoms with E-state index in [1.54, 1.807) is 25.1 Å². The van der Waals surface area contributed by atoms with Gasteiger partial charge < -0.3 is 10.5 Å². The van der Waals surface area contributed by atoms with Gasteiger partial charge in [0.15, 0.2) is 0 Å². The zero-order valence-corrected chi connectivity index (χ0v) is 10.6. The first kappa shape index (κ1) is 13.5. The monoisotopic (exact) mass is 263 g/mol. The van der Waals surface area contributed by atoms with E-state index in [9.17, 15) is 8.78 Å². The number of aryl methyl sites for hydroxylation is 1. The summed E-state index contributed by atoms with van der Waals surface area (Å²) in [6.45, 7) is 1.87. The van der Waals surface area contributed by atoms with Gasteiger partial charge in [-0.25, -0.2) is 8.78 Å². The van der Waals surface area contributed by atoms with Crippen LogP contribution in [0.4, 0.5) is 8.78 Å². The van der Waals surface area contributed by atoms with E-state index < -0.39 is 6.10 Å². The molecule has 0 amide bonds. The van der Waals surface area contributed by atoms with Crippen molar-refractivity contribution in [3.63, 3.8) is 0 Å². The van der Waals surface area contributed by atoms with E-state index in [2.05, 4.69) is 0 Å². The van der Waals surface area contributed by atoms with Gasteiger partial charge >= 0.3 is 0 Å². The first-order valence-corrected chi connectivity index (χ1v) is 5.99. The van der Waals surface area contributed by atoms with Gasteiger partial charge in [-0.1, -0.05) is 18.2 Å². The lowest BCUT2D eigenvalue weighted by atomic mass is 10.1. The number of nitrogens with two attached hydrogens (primary N) is 1. The van der Waals surface area contributed by atoms with Crippen molar-refractivity contribution >= 4 is 0 Å². The van der Waals surface area contributed by atoms with Crippen molar-refractivity contribution in [2.75, 3.05) is 6.54 Å². The van der Waals surface area contributed by atoms with Crippen LogP contribution in [0.5, 0.6) is 5.75 Å². The molecule has 0 radical (unpaired) electrons. The van der Waals surface area contributed by atoms with Crippen LogP contribution in [0, 0.1) is 18.6 Å². The predicted molar refractivity (Wildman–Crippen MR) is 70.0 cm³/mol. The molecule has 0 aliphatic carbocycles. The van der Waals surface area contributed by atoms with E-state index in [1.807, 2.05) is 0 Å². The lowest BCUT2D eigenvalue weighted by Crippen LogP contribution is -2.20. The Kier molecular flexibility index (Phi) is 4.12. The molecule has 2 aromatic rings. The maximum absolute atomic E-state index is 13.7. The minimum Gasteiger partial charge on any atom is -0.484 e. The van der Waals surface area contributed by atoms with E-state index in [0.29, 0.717) is 16.9 Å². The average molecular weight is 263 g/mol. The summed E-state index contributed by atoms with van der Waals surface area (Å²) >= 11 is 0. The Bertz CT molecular complexity index is 572. The summed E-state index contributed by atoms with van der Waals surface area (Å²) < 4.78 is 32.4. The van der Waals surface area contributed by atoms with Crippen molar-refractivity contribution in [3.05, 3.63) is 65.2 Å². The standard InChI is InChI=1S/C15H15F2NO/c1-10-8-11(16)6-7-14(10)19-15(9-18)12-4-2-3-5-13(12)17/h2-8,15H,9,18H2,1H3. The van der Waals surface area contributed by atoms with Crippen LogP contribution in [0.1, 0.15) is 17.2 Å². The fraction of sp³-hybridized carbons (Fsp3) is 0.200. The first-order chi connectivity index (χ1) is 9.11. The normalized spacial score (nSPS) is 12.2. The van der Waals surface area contributed by atoms with E-state index >= 15 is 0 Å². The molecule has 1 unspecified atom stereocenters. The number of hydrogen-bond acceptors (Lipinski definition) is 2. The number of rotatable bonds is 4. The third-order valence-corrected chi connectivity index (χ3v) is 2.87. The fourth-order valence-electron chi connectivity index (χ4n) is 1.87. The van der Waals surface area contributed by atoms with Crippen molar-refractivity contribution in [2.24, 2.45) is 5.73 Å². The highest BCUT2D eigenvalue weighted by atomic mass is 19.1. The third-order valence-electron chi connectivity index (χ3n) is 2.87. The molecule has 0 saturated carbocycles. The molecule has 0 aromatic heterocycles. The van der Waals surface area contributed by atoms with Crippen LogP contribution in [0.2, 0.25) is 0 Å². The number of benzene rings is 2. The summed E-state index contributed by atoms with van der Waals surface area (Å²) in [4.78, 5) is 0. The molecular weight excluding hydrogens is 248 g/mol. The summed E-state index contributed by atoms with van der Waals surface area (Å²) in [5, 5.41) is 0. The van der Waals surface area contributed by atoms with E-state index in [4.69, 9.17) is 10.5 Å². The molecule has 0 saturated heterocycles. The average Bonchev–Trinajstić information content (AvgIpc) is 2.39. The minimum absolute atomic E-state index is 0.137. The Morgan fingerprint density at radius 3 is 2.53 bits per heavy atom. The number of ether oxygens (including phenoxy) is 1. The fourth-order valence-corrected chi connectivity index (χ4v) is 1.87. The van der Waals surface area contributed by atoms with Crippen LogP contribution >= 0.6 is 0 Å². The van der Waals surface area contributed by atoms with Crippen LogP contribution in [0.25, 0.3) is 0 Å². The molecule has 0 aliphatic rings. The lowest BCUT2D eigenvalue weighted by Gasteiger charge is -2.19. The second kappa shape index (κ2) is 5.80. The molecule has 0 heterocycles. The maximum Gasteiger partial charge on any atom is 0.139 e. The van der Waals surface area contributed by atoms with Crippen LogP contribution < -0.4 is 10.5 Å². The molecule has 0 aliphatic heterocycles. The summed E-state index contributed by atoms with van der Waals surface area (Å²) in [6, 6.07) is 10.5. The van der Waals surface area contributed by atoms with Gasteiger partial charge in [0, 0.05) is 12.1 Å². The summed E-state index contributed by atoms with van der Waals surface area (Å²) in [5.41, 5.74) is 6.68. The Morgan fingerprint density at radius 1 is 1.16 bits per heavy atom. The van der Waals surface area contributed by atoms with Gasteiger partial charge in [-0.3, -0.25) is 0 Å². The SMILES string of the molecule is Cc1cc(F)ccc1OC(CN)c1ccccc1F.